The zero-order valence-corrected chi connectivity index (χ0v) is 16.2. The topological polar surface area (TPSA) is 85.2 Å². The molecule has 8 nitrogen and oxygen atoms in total. The van der Waals surface area contributed by atoms with Gasteiger partial charge in [-0.3, -0.25) is 14.9 Å². The Bertz CT molecular complexity index is 685. The van der Waals surface area contributed by atoms with Crippen molar-refractivity contribution in [3.05, 3.63) is 26.7 Å². The van der Waals surface area contributed by atoms with Crippen molar-refractivity contribution >= 4 is 33.2 Å². The number of nitro groups is 1. The van der Waals surface area contributed by atoms with Crippen LogP contribution in [-0.2, 0) is 9.53 Å². The summed E-state index contributed by atoms with van der Waals surface area (Å²) < 4.78 is 11.1. The molecule has 26 heavy (non-hydrogen) atoms. The molecule has 2 saturated heterocycles. The fourth-order valence-corrected chi connectivity index (χ4v) is 4.07. The molecule has 0 atom stereocenters. The second kappa shape index (κ2) is 8.22. The number of carbonyl (C=O) groups excluding carboxylic acids is 1. The van der Waals surface area contributed by atoms with Crippen molar-refractivity contribution in [3.63, 3.8) is 0 Å². The maximum atomic E-state index is 12.6. The van der Waals surface area contributed by atoms with Gasteiger partial charge in [0.15, 0.2) is 5.75 Å². The number of methoxy groups -OCH3 is 1. The molecule has 2 aliphatic heterocycles. The van der Waals surface area contributed by atoms with Gasteiger partial charge in [0.25, 0.3) is 0 Å². The number of halogens is 1. The van der Waals surface area contributed by atoms with Gasteiger partial charge in [0.05, 0.1) is 30.9 Å². The number of carbonyl (C=O) groups is 1. The first-order valence-corrected chi connectivity index (χ1v) is 9.44. The van der Waals surface area contributed by atoms with E-state index in [1.54, 1.807) is 6.07 Å². The predicted octanol–water partition coefficient (Wildman–Crippen LogP) is 2.44. The lowest BCUT2D eigenvalue weighted by molar-refractivity contribution is -0.385. The normalized spacial score (nSPS) is 18.7. The maximum absolute atomic E-state index is 12.6. The van der Waals surface area contributed by atoms with Crippen LogP contribution in [0.25, 0.3) is 0 Å². The molecule has 0 radical (unpaired) electrons. The van der Waals surface area contributed by atoms with Crippen LogP contribution in [-0.4, -0.2) is 62.2 Å². The number of nitro benzene ring substituents is 1. The Labute approximate surface area is 160 Å². The molecule has 0 unspecified atom stereocenters. The first-order valence-electron chi connectivity index (χ1n) is 8.64. The van der Waals surface area contributed by atoms with Crippen LogP contribution in [0.3, 0.4) is 0 Å². The number of amides is 1. The summed E-state index contributed by atoms with van der Waals surface area (Å²) in [6.45, 7) is 4.01. The Balaban J connectivity index is 1.68. The Morgan fingerprint density at radius 2 is 1.92 bits per heavy atom. The fraction of sp³-hybridized carbons (Fsp3) is 0.588. The zero-order chi connectivity index (χ0) is 18.7. The Kier molecular flexibility index (Phi) is 5.98. The minimum atomic E-state index is -0.458. The van der Waals surface area contributed by atoms with Crippen LogP contribution in [0.2, 0.25) is 0 Å². The van der Waals surface area contributed by atoms with Crippen LogP contribution >= 0.6 is 15.9 Å². The van der Waals surface area contributed by atoms with E-state index in [2.05, 4.69) is 20.8 Å². The lowest BCUT2D eigenvalue weighted by Gasteiger charge is -2.36. The molecule has 1 aromatic carbocycles. The summed E-state index contributed by atoms with van der Waals surface area (Å²) in [6.07, 6.45) is 1.53. The summed E-state index contributed by atoms with van der Waals surface area (Å²) in [7, 11) is 1.42. The fourth-order valence-electron chi connectivity index (χ4n) is 3.49. The van der Waals surface area contributed by atoms with Crippen molar-refractivity contribution in [2.24, 2.45) is 5.92 Å². The highest BCUT2D eigenvalue weighted by Gasteiger charge is 2.30. The van der Waals surface area contributed by atoms with Crippen LogP contribution in [0.15, 0.2) is 16.6 Å². The SMILES string of the molecule is COc1cc(N2CCC(C(=O)N3CCOCC3)CC2)c(Br)cc1[N+](=O)[O-]. The number of nitrogens with zero attached hydrogens (tertiary/aromatic N) is 3. The number of morpholine rings is 1. The van der Waals surface area contributed by atoms with Gasteiger partial charge in [-0.1, -0.05) is 0 Å². The van der Waals surface area contributed by atoms with Crippen molar-refractivity contribution in [2.75, 3.05) is 51.4 Å². The summed E-state index contributed by atoms with van der Waals surface area (Å²) in [5, 5.41) is 11.1. The minimum absolute atomic E-state index is 0.0306. The summed E-state index contributed by atoms with van der Waals surface area (Å²) in [5.41, 5.74) is 0.783. The molecule has 2 fully saturated rings. The predicted molar refractivity (Wildman–Crippen MR) is 99.7 cm³/mol. The molecule has 2 heterocycles. The van der Waals surface area contributed by atoms with Crippen molar-refractivity contribution < 1.29 is 19.2 Å². The van der Waals surface area contributed by atoms with Gasteiger partial charge in [-0.15, -0.1) is 0 Å². The lowest BCUT2D eigenvalue weighted by atomic mass is 9.94. The first kappa shape index (κ1) is 18.9. The van der Waals surface area contributed by atoms with E-state index in [9.17, 15) is 14.9 Å². The molecular weight excluding hydrogens is 406 g/mol. The molecule has 9 heteroatoms. The number of piperidine rings is 1. The van der Waals surface area contributed by atoms with Crippen molar-refractivity contribution in [3.8, 4) is 5.75 Å². The molecule has 0 spiro atoms. The standard InChI is InChI=1S/C17H22BrN3O5/c1-25-16-11-14(13(18)10-15(16)21(23)24)19-4-2-12(3-5-19)17(22)20-6-8-26-9-7-20/h10-12H,2-9H2,1H3. The van der Waals surface area contributed by atoms with Crippen LogP contribution < -0.4 is 9.64 Å². The third-order valence-electron chi connectivity index (χ3n) is 4.95. The Morgan fingerprint density at radius 1 is 1.27 bits per heavy atom. The molecule has 0 aliphatic carbocycles. The van der Waals surface area contributed by atoms with Crippen LogP contribution in [0.1, 0.15) is 12.8 Å². The van der Waals surface area contributed by atoms with E-state index in [4.69, 9.17) is 9.47 Å². The Hall–Kier alpha value is -1.87. The average molecular weight is 428 g/mol. The number of hydrogen-bond acceptors (Lipinski definition) is 6. The van der Waals surface area contributed by atoms with E-state index in [-0.39, 0.29) is 23.3 Å². The number of hydrogen-bond donors (Lipinski definition) is 0. The first-order chi connectivity index (χ1) is 12.5. The third kappa shape index (κ3) is 3.93. The van der Waals surface area contributed by atoms with Gasteiger partial charge in [0.1, 0.15) is 0 Å². The number of anilines is 1. The lowest BCUT2D eigenvalue weighted by Crippen LogP contribution is -2.46. The zero-order valence-electron chi connectivity index (χ0n) is 14.6. The van der Waals surface area contributed by atoms with Crippen LogP contribution in [0.4, 0.5) is 11.4 Å². The van der Waals surface area contributed by atoms with Gasteiger partial charge in [0, 0.05) is 48.7 Å². The summed E-state index contributed by atoms with van der Waals surface area (Å²) in [6, 6.07) is 3.16. The van der Waals surface area contributed by atoms with Crippen molar-refractivity contribution in [2.45, 2.75) is 12.8 Å². The molecule has 1 aromatic rings. The van der Waals surface area contributed by atoms with Gasteiger partial charge in [-0.2, -0.15) is 0 Å². The highest BCUT2D eigenvalue weighted by atomic mass is 79.9. The van der Waals surface area contributed by atoms with Gasteiger partial charge in [-0.25, -0.2) is 0 Å². The van der Waals surface area contributed by atoms with Crippen molar-refractivity contribution in [1.82, 2.24) is 4.90 Å². The molecule has 1 amide bonds. The summed E-state index contributed by atoms with van der Waals surface area (Å²) >= 11 is 3.43. The van der Waals surface area contributed by atoms with Gasteiger partial charge < -0.3 is 19.3 Å². The smallest absolute Gasteiger partial charge is 0.312 e. The van der Waals surface area contributed by atoms with E-state index < -0.39 is 4.92 Å². The van der Waals surface area contributed by atoms with Gasteiger partial charge in [-0.05, 0) is 28.8 Å². The highest BCUT2D eigenvalue weighted by Crippen LogP contribution is 2.39. The molecule has 0 N–H and O–H groups in total. The second-order valence-electron chi connectivity index (χ2n) is 6.43. The monoisotopic (exact) mass is 427 g/mol. The Morgan fingerprint density at radius 3 is 2.50 bits per heavy atom. The summed E-state index contributed by atoms with van der Waals surface area (Å²) in [5.74, 6) is 0.482. The number of benzene rings is 1. The van der Waals surface area contributed by atoms with E-state index >= 15 is 0 Å². The van der Waals surface area contributed by atoms with E-state index in [0.717, 1.165) is 31.6 Å². The number of rotatable bonds is 4. The van der Waals surface area contributed by atoms with Gasteiger partial charge >= 0.3 is 5.69 Å². The summed E-state index contributed by atoms with van der Waals surface area (Å²) in [4.78, 5) is 27.3. The molecule has 142 valence electrons. The number of ether oxygens (including phenoxy) is 2. The quantitative estimate of drug-likeness (QED) is 0.541. The molecular formula is C17H22BrN3O5. The van der Waals surface area contributed by atoms with E-state index in [1.807, 2.05) is 4.90 Å². The highest BCUT2D eigenvalue weighted by molar-refractivity contribution is 9.10. The molecule has 0 aromatic heterocycles. The molecule has 0 saturated carbocycles. The van der Waals surface area contributed by atoms with E-state index in [0.29, 0.717) is 30.8 Å². The molecule has 0 bridgehead atoms. The maximum Gasteiger partial charge on any atom is 0.312 e. The van der Waals surface area contributed by atoms with Crippen molar-refractivity contribution in [1.29, 1.82) is 0 Å². The second-order valence-corrected chi connectivity index (χ2v) is 7.29. The van der Waals surface area contributed by atoms with Crippen LogP contribution in [0.5, 0.6) is 5.75 Å². The minimum Gasteiger partial charge on any atom is -0.490 e. The van der Waals surface area contributed by atoms with E-state index in [1.165, 1.54) is 13.2 Å². The van der Waals surface area contributed by atoms with Crippen LogP contribution in [0, 0.1) is 16.0 Å². The molecule has 3 rings (SSSR count). The third-order valence-corrected chi connectivity index (χ3v) is 5.59. The largest absolute Gasteiger partial charge is 0.490 e. The average Bonchev–Trinajstić information content (AvgIpc) is 2.68. The molecule has 2 aliphatic rings. The van der Waals surface area contributed by atoms with Gasteiger partial charge in [0.2, 0.25) is 5.91 Å².